The highest BCUT2D eigenvalue weighted by atomic mass is 16.5. The lowest BCUT2D eigenvalue weighted by Gasteiger charge is -2.23. The van der Waals surface area contributed by atoms with Crippen molar-refractivity contribution in [2.75, 3.05) is 20.7 Å². The highest BCUT2D eigenvalue weighted by Crippen LogP contribution is 2.02. The summed E-state index contributed by atoms with van der Waals surface area (Å²) in [7, 11) is 3.23. The third-order valence-corrected chi connectivity index (χ3v) is 3.18. The zero-order chi connectivity index (χ0) is 15.0. The summed E-state index contributed by atoms with van der Waals surface area (Å²) in [6.07, 6.45) is 2.60. The monoisotopic (exact) mass is 282 g/mol. The van der Waals surface area contributed by atoms with Crippen molar-refractivity contribution in [3.05, 3.63) is 24.2 Å². The van der Waals surface area contributed by atoms with Crippen LogP contribution < -0.4 is 5.32 Å². The quantitative estimate of drug-likeness (QED) is 0.725. The smallest absolute Gasteiger partial charge is 0.305 e. The number of hydrogen-bond donors (Lipinski definition) is 1. The van der Waals surface area contributed by atoms with E-state index in [1.807, 2.05) is 24.9 Å². The number of ether oxygens (including phenoxy) is 1. The molecule has 0 aliphatic carbocycles. The third kappa shape index (κ3) is 5.44. The molecule has 6 nitrogen and oxygen atoms in total. The fourth-order valence-electron chi connectivity index (χ4n) is 1.70. The largest absolute Gasteiger partial charge is 0.469 e. The van der Waals surface area contributed by atoms with Crippen LogP contribution >= 0.6 is 0 Å². The van der Waals surface area contributed by atoms with Crippen molar-refractivity contribution in [3.8, 4) is 0 Å². The second-order valence-corrected chi connectivity index (χ2v) is 4.63. The summed E-state index contributed by atoms with van der Waals surface area (Å²) in [5, 5.41) is 2.81. The molecule has 20 heavy (non-hydrogen) atoms. The maximum Gasteiger partial charge on any atom is 0.305 e. The molecule has 1 rings (SSSR count). The third-order valence-electron chi connectivity index (χ3n) is 3.18. The molecule has 0 aromatic carbocycles. The number of furan rings is 1. The molecule has 1 atom stereocenters. The zero-order valence-corrected chi connectivity index (χ0v) is 12.2. The Hall–Kier alpha value is -1.82. The van der Waals surface area contributed by atoms with Crippen LogP contribution in [0.4, 0.5) is 0 Å². The average Bonchev–Trinajstić information content (AvgIpc) is 2.96. The number of rotatable bonds is 8. The van der Waals surface area contributed by atoms with E-state index in [1.165, 1.54) is 7.11 Å². The topological polar surface area (TPSA) is 71.8 Å². The van der Waals surface area contributed by atoms with Crippen molar-refractivity contribution in [1.29, 1.82) is 0 Å². The first-order valence-electron chi connectivity index (χ1n) is 6.61. The molecular formula is C14H22N2O4. The fourth-order valence-corrected chi connectivity index (χ4v) is 1.70. The Kier molecular flexibility index (Phi) is 6.79. The van der Waals surface area contributed by atoms with Crippen LogP contribution in [0.25, 0.3) is 0 Å². The molecule has 0 aliphatic heterocycles. The normalized spacial score (nSPS) is 12.2. The minimum Gasteiger partial charge on any atom is -0.469 e. The highest BCUT2D eigenvalue weighted by molar-refractivity contribution is 5.81. The SMILES string of the molecule is COC(=O)CCCN(C)C(C)C(=O)NCc1ccco1. The van der Waals surface area contributed by atoms with Gasteiger partial charge in [0.05, 0.1) is 26.0 Å². The number of amides is 1. The van der Waals surface area contributed by atoms with Gasteiger partial charge in [-0.15, -0.1) is 0 Å². The summed E-state index contributed by atoms with van der Waals surface area (Å²) in [4.78, 5) is 24.9. The van der Waals surface area contributed by atoms with Gasteiger partial charge >= 0.3 is 5.97 Å². The maximum atomic E-state index is 11.9. The van der Waals surface area contributed by atoms with E-state index in [4.69, 9.17) is 4.42 Å². The predicted octanol–water partition coefficient (Wildman–Crippen LogP) is 1.17. The van der Waals surface area contributed by atoms with Gasteiger partial charge in [-0.1, -0.05) is 0 Å². The molecule has 0 spiro atoms. The first-order chi connectivity index (χ1) is 9.54. The molecule has 0 saturated heterocycles. The Balaban J connectivity index is 2.26. The van der Waals surface area contributed by atoms with Crippen LogP contribution in [0.2, 0.25) is 0 Å². The molecule has 112 valence electrons. The van der Waals surface area contributed by atoms with Gasteiger partial charge in [0, 0.05) is 6.42 Å². The van der Waals surface area contributed by atoms with Gasteiger partial charge in [-0.05, 0) is 39.1 Å². The van der Waals surface area contributed by atoms with E-state index in [1.54, 1.807) is 12.3 Å². The van der Waals surface area contributed by atoms with Gasteiger partial charge in [-0.25, -0.2) is 0 Å². The van der Waals surface area contributed by atoms with Crippen molar-refractivity contribution in [2.45, 2.75) is 32.4 Å². The molecular weight excluding hydrogens is 260 g/mol. The molecule has 0 saturated carbocycles. The summed E-state index contributed by atoms with van der Waals surface area (Å²) in [5.74, 6) is 0.425. The zero-order valence-electron chi connectivity index (χ0n) is 12.2. The van der Waals surface area contributed by atoms with E-state index in [-0.39, 0.29) is 17.9 Å². The van der Waals surface area contributed by atoms with Crippen LogP contribution in [0, 0.1) is 0 Å². The number of methoxy groups -OCH3 is 1. The van der Waals surface area contributed by atoms with E-state index in [9.17, 15) is 9.59 Å². The van der Waals surface area contributed by atoms with Gasteiger partial charge in [-0.3, -0.25) is 14.5 Å². The lowest BCUT2D eigenvalue weighted by molar-refractivity contribution is -0.140. The number of hydrogen-bond acceptors (Lipinski definition) is 5. The van der Waals surface area contributed by atoms with Crippen molar-refractivity contribution in [3.63, 3.8) is 0 Å². The fraction of sp³-hybridized carbons (Fsp3) is 0.571. The van der Waals surface area contributed by atoms with Crippen LogP contribution in [0.5, 0.6) is 0 Å². The Labute approximate surface area is 119 Å². The molecule has 1 aromatic rings. The molecule has 1 unspecified atom stereocenters. The number of likely N-dealkylation sites (N-methyl/N-ethyl adjacent to an activating group) is 1. The summed E-state index contributed by atoms with van der Waals surface area (Å²) in [6, 6.07) is 3.33. The highest BCUT2D eigenvalue weighted by Gasteiger charge is 2.17. The molecule has 0 radical (unpaired) electrons. The molecule has 0 fully saturated rings. The van der Waals surface area contributed by atoms with Crippen LogP contribution in [-0.4, -0.2) is 43.5 Å². The molecule has 0 aliphatic rings. The Morgan fingerprint density at radius 3 is 2.85 bits per heavy atom. The van der Waals surface area contributed by atoms with Gasteiger partial charge < -0.3 is 14.5 Å². The Morgan fingerprint density at radius 1 is 1.50 bits per heavy atom. The molecule has 0 bridgehead atoms. The average molecular weight is 282 g/mol. The van der Waals surface area contributed by atoms with E-state index in [0.29, 0.717) is 25.9 Å². The van der Waals surface area contributed by atoms with Gasteiger partial charge in [-0.2, -0.15) is 0 Å². The van der Waals surface area contributed by atoms with E-state index in [0.717, 1.165) is 5.76 Å². The van der Waals surface area contributed by atoms with Crippen molar-refractivity contribution >= 4 is 11.9 Å². The minimum absolute atomic E-state index is 0.0676. The number of carbonyl (C=O) groups is 2. The molecule has 1 N–H and O–H groups in total. The Bertz CT molecular complexity index is 417. The predicted molar refractivity (Wildman–Crippen MR) is 73.9 cm³/mol. The lowest BCUT2D eigenvalue weighted by Crippen LogP contribution is -2.43. The van der Waals surface area contributed by atoms with Crippen molar-refractivity contribution in [2.24, 2.45) is 0 Å². The van der Waals surface area contributed by atoms with E-state index in [2.05, 4.69) is 10.1 Å². The molecule has 1 amide bonds. The first-order valence-corrected chi connectivity index (χ1v) is 6.61. The van der Waals surface area contributed by atoms with Crippen molar-refractivity contribution in [1.82, 2.24) is 10.2 Å². The van der Waals surface area contributed by atoms with Gasteiger partial charge in [0.1, 0.15) is 5.76 Å². The first kappa shape index (κ1) is 16.2. The van der Waals surface area contributed by atoms with Gasteiger partial charge in [0.25, 0.3) is 0 Å². The summed E-state index contributed by atoms with van der Waals surface area (Å²) < 4.78 is 9.72. The van der Waals surface area contributed by atoms with Gasteiger partial charge in [0.2, 0.25) is 5.91 Å². The van der Waals surface area contributed by atoms with Gasteiger partial charge in [0.15, 0.2) is 0 Å². The van der Waals surface area contributed by atoms with E-state index < -0.39 is 0 Å². The summed E-state index contributed by atoms with van der Waals surface area (Å²) >= 11 is 0. The molecule has 1 heterocycles. The molecule has 6 heteroatoms. The number of nitrogens with zero attached hydrogens (tertiary/aromatic N) is 1. The maximum absolute atomic E-state index is 11.9. The number of nitrogens with one attached hydrogen (secondary N) is 1. The summed E-state index contributed by atoms with van der Waals surface area (Å²) in [6.45, 7) is 2.87. The van der Waals surface area contributed by atoms with Crippen LogP contribution in [0.15, 0.2) is 22.8 Å². The second-order valence-electron chi connectivity index (χ2n) is 4.63. The minimum atomic E-state index is -0.261. The Morgan fingerprint density at radius 2 is 2.25 bits per heavy atom. The van der Waals surface area contributed by atoms with Crippen molar-refractivity contribution < 1.29 is 18.7 Å². The standard InChI is InChI=1S/C14H22N2O4/c1-11(16(2)8-4-7-13(17)19-3)14(18)15-10-12-6-5-9-20-12/h5-6,9,11H,4,7-8,10H2,1-3H3,(H,15,18). The summed E-state index contributed by atoms with van der Waals surface area (Å²) in [5.41, 5.74) is 0. The molecule has 1 aromatic heterocycles. The van der Waals surface area contributed by atoms with E-state index >= 15 is 0 Å². The second kappa shape index (κ2) is 8.37. The number of esters is 1. The van der Waals surface area contributed by atoms with Crippen LogP contribution in [0.3, 0.4) is 0 Å². The number of carbonyl (C=O) groups excluding carboxylic acids is 2. The van der Waals surface area contributed by atoms with Crippen LogP contribution in [-0.2, 0) is 20.9 Å². The van der Waals surface area contributed by atoms with Crippen LogP contribution in [0.1, 0.15) is 25.5 Å². The lowest BCUT2D eigenvalue weighted by atomic mass is 10.2.